The first kappa shape index (κ1) is 22.3. The van der Waals surface area contributed by atoms with Crippen LogP contribution in [0.4, 0.5) is 17.4 Å². The zero-order chi connectivity index (χ0) is 25.0. The molecule has 0 atom stereocenters. The van der Waals surface area contributed by atoms with Gasteiger partial charge in [0.15, 0.2) is 0 Å². The summed E-state index contributed by atoms with van der Waals surface area (Å²) in [5.41, 5.74) is 5.07. The van der Waals surface area contributed by atoms with Crippen LogP contribution in [0.3, 0.4) is 0 Å². The zero-order valence-corrected chi connectivity index (χ0v) is 20.5. The number of aryl methyl sites for hydroxylation is 1. The van der Waals surface area contributed by atoms with Crippen LogP contribution in [-0.2, 0) is 9.47 Å². The lowest BCUT2D eigenvalue weighted by atomic mass is 9.78. The number of morpholine rings is 1. The van der Waals surface area contributed by atoms with Crippen LogP contribution in [-0.4, -0.2) is 78.3 Å². The minimum Gasteiger partial charge on any atom is -0.380 e. The molecule has 190 valence electrons. The van der Waals surface area contributed by atoms with Gasteiger partial charge in [0.25, 0.3) is 5.91 Å². The van der Waals surface area contributed by atoms with Crippen molar-refractivity contribution in [3.63, 3.8) is 0 Å². The molecule has 4 aromatic rings. The molecule has 0 aliphatic carbocycles. The third-order valence-electron chi connectivity index (χ3n) is 7.42. The van der Waals surface area contributed by atoms with E-state index in [1.807, 2.05) is 48.4 Å². The molecule has 37 heavy (non-hydrogen) atoms. The second kappa shape index (κ2) is 8.56. The van der Waals surface area contributed by atoms with Crippen molar-refractivity contribution in [2.45, 2.75) is 6.92 Å². The van der Waals surface area contributed by atoms with E-state index in [2.05, 4.69) is 25.5 Å². The molecule has 0 bridgehead atoms. The van der Waals surface area contributed by atoms with Crippen LogP contribution < -0.4 is 15.1 Å². The SMILES string of the molecule is Cc1ccc(-c2noc(N3CCOCC3)n2)cc1NC(=O)c1cnn2ccc(N3CC4(COC4)C3)cc12. The number of rotatable bonds is 5. The van der Waals surface area contributed by atoms with Crippen molar-refractivity contribution in [1.29, 1.82) is 0 Å². The number of ether oxygens (including phenoxy) is 2. The number of fused-ring (bicyclic) bond motifs is 1. The molecule has 0 saturated carbocycles. The number of amides is 1. The molecule has 3 saturated heterocycles. The number of aromatic nitrogens is 4. The molecule has 11 nitrogen and oxygen atoms in total. The normalized spacial score (nSPS) is 18.6. The minimum absolute atomic E-state index is 0.220. The second-order valence-electron chi connectivity index (χ2n) is 10.1. The van der Waals surface area contributed by atoms with E-state index in [1.165, 1.54) is 0 Å². The third kappa shape index (κ3) is 3.91. The summed E-state index contributed by atoms with van der Waals surface area (Å²) in [6.45, 7) is 8.28. The summed E-state index contributed by atoms with van der Waals surface area (Å²) < 4.78 is 18.0. The Balaban J connectivity index is 1.11. The van der Waals surface area contributed by atoms with E-state index in [9.17, 15) is 4.79 Å². The largest absolute Gasteiger partial charge is 0.380 e. The van der Waals surface area contributed by atoms with E-state index in [1.54, 1.807) is 10.7 Å². The molecule has 3 aliphatic heterocycles. The summed E-state index contributed by atoms with van der Waals surface area (Å²) in [5.74, 6) is 0.254. The lowest BCUT2D eigenvalue weighted by Gasteiger charge is -2.56. The maximum absolute atomic E-state index is 13.4. The minimum atomic E-state index is -0.220. The first-order valence-electron chi connectivity index (χ1n) is 12.5. The average Bonchev–Trinajstić information content (AvgIpc) is 3.52. The molecule has 1 aromatic carbocycles. The van der Waals surface area contributed by atoms with Gasteiger partial charge in [-0.2, -0.15) is 10.1 Å². The van der Waals surface area contributed by atoms with Gasteiger partial charge in [0.2, 0.25) is 5.82 Å². The van der Waals surface area contributed by atoms with Gasteiger partial charge >= 0.3 is 6.01 Å². The Labute approximate surface area is 212 Å². The molecular formula is C26H27N7O4. The van der Waals surface area contributed by atoms with Crippen molar-refractivity contribution >= 4 is 28.8 Å². The Hall–Kier alpha value is -3.96. The molecule has 1 N–H and O–H groups in total. The topological polar surface area (TPSA) is 110 Å². The molecule has 1 spiro atoms. The fraction of sp³-hybridized carbons (Fsp3) is 0.385. The number of hydrogen-bond donors (Lipinski definition) is 1. The van der Waals surface area contributed by atoms with Crippen molar-refractivity contribution < 1.29 is 18.8 Å². The Morgan fingerprint density at radius 1 is 1.05 bits per heavy atom. The Bertz CT molecular complexity index is 1480. The molecule has 0 radical (unpaired) electrons. The van der Waals surface area contributed by atoms with E-state index in [-0.39, 0.29) is 5.91 Å². The standard InChI is InChI=1S/C26H27N7O4/c1-17-2-3-18(23-29-25(37-30-23)31-6-8-35-9-7-31)10-21(17)28-24(34)20-12-27-33-5-4-19(11-22(20)33)32-13-26(14-32)15-36-16-26/h2-5,10-12H,6-9,13-16H2,1H3,(H,28,34). The highest BCUT2D eigenvalue weighted by atomic mass is 16.5. The third-order valence-corrected chi connectivity index (χ3v) is 7.42. The van der Waals surface area contributed by atoms with E-state index in [0.29, 0.717) is 54.8 Å². The van der Waals surface area contributed by atoms with Gasteiger partial charge in [-0.3, -0.25) is 4.79 Å². The number of nitrogens with one attached hydrogen (secondary N) is 1. The van der Waals surface area contributed by atoms with Crippen molar-refractivity contribution in [2.24, 2.45) is 5.41 Å². The van der Waals surface area contributed by atoms with Crippen LogP contribution in [0.5, 0.6) is 0 Å². The fourth-order valence-electron chi connectivity index (χ4n) is 5.16. The molecule has 11 heteroatoms. The van der Waals surface area contributed by atoms with E-state index < -0.39 is 0 Å². The Morgan fingerprint density at radius 3 is 2.68 bits per heavy atom. The highest BCUT2D eigenvalue weighted by Crippen LogP contribution is 2.40. The smallest absolute Gasteiger partial charge is 0.324 e. The molecule has 3 aliphatic rings. The summed E-state index contributed by atoms with van der Waals surface area (Å²) in [5, 5.41) is 11.6. The number of hydrogen-bond acceptors (Lipinski definition) is 9. The van der Waals surface area contributed by atoms with Gasteiger partial charge in [-0.25, -0.2) is 4.52 Å². The summed E-state index contributed by atoms with van der Waals surface area (Å²) >= 11 is 0. The molecule has 6 heterocycles. The van der Waals surface area contributed by atoms with Crippen molar-refractivity contribution in [3.8, 4) is 11.4 Å². The van der Waals surface area contributed by atoms with E-state index in [0.717, 1.165) is 48.6 Å². The molecule has 7 rings (SSSR count). The summed E-state index contributed by atoms with van der Waals surface area (Å²) in [6, 6.07) is 10.3. The molecule has 3 aromatic heterocycles. The van der Waals surface area contributed by atoms with Crippen molar-refractivity contribution in [3.05, 3.63) is 53.9 Å². The Kier molecular flexibility index (Phi) is 5.15. The molecule has 1 amide bonds. The second-order valence-corrected chi connectivity index (χ2v) is 10.1. The van der Waals surface area contributed by atoms with Crippen LogP contribution in [0.1, 0.15) is 15.9 Å². The summed E-state index contributed by atoms with van der Waals surface area (Å²) in [4.78, 5) is 22.3. The monoisotopic (exact) mass is 501 g/mol. The van der Waals surface area contributed by atoms with Gasteiger partial charge in [-0.1, -0.05) is 17.3 Å². The highest BCUT2D eigenvalue weighted by Gasteiger charge is 2.49. The predicted octanol–water partition coefficient (Wildman–Crippen LogP) is 2.62. The van der Waals surface area contributed by atoms with Gasteiger partial charge in [0.05, 0.1) is 49.1 Å². The average molecular weight is 502 g/mol. The highest BCUT2D eigenvalue weighted by molar-refractivity contribution is 6.09. The van der Waals surface area contributed by atoms with Crippen LogP contribution >= 0.6 is 0 Å². The maximum atomic E-state index is 13.4. The fourth-order valence-corrected chi connectivity index (χ4v) is 5.16. The van der Waals surface area contributed by atoms with E-state index in [4.69, 9.17) is 14.0 Å². The summed E-state index contributed by atoms with van der Waals surface area (Å²) in [7, 11) is 0. The van der Waals surface area contributed by atoms with Crippen LogP contribution in [0.2, 0.25) is 0 Å². The molecule has 0 unspecified atom stereocenters. The van der Waals surface area contributed by atoms with E-state index >= 15 is 0 Å². The number of benzene rings is 1. The van der Waals surface area contributed by atoms with Crippen LogP contribution in [0.25, 0.3) is 16.9 Å². The van der Waals surface area contributed by atoms with Crippen molar-refractivity contribution in [1.82, 2.24) is 19.8 Å². The Morgan fingerprint density at radius 2 is 1.89 bits per heavy atom. The zero-order valence-electron chi connectivity index (χ0n) is 20.5. The quantitative estimate of drug-likeness (QED) is 0.441. The molecular weight excluding hydrogens is 474 g/mol. The van der Waals surface area contributed by atoms with Gasteiger partial charge in [-0.15, -0.1) is 0 Å². The number of carbonyl (C=O) groups excluding carboxylic acids is 1. The van der Waals surface area contributed by atoms with Gasteiger partial charge in [0.1, 0.15) is 0 Å². The maximum Gasteiger partial charge on any atom is 0.324 e. The predicted molar refractivity (Wildman–Crippen MR) is 136 cm³/mol. The van der Waals surface area contributed by atoms with Gasteiger partial charge in [-0.05, 0) is 30.7 Å². The van der Waals surface area contributed by atoms with Crippen LogP contribution in [0.15, 0.2) is 47.2 Å². The van der Waals surface area contributed by atoms with Gasteiger partial charge in [0, 0.05) is 49.3 Å². The lowest BCUT2D eigenvalue weighted by Crippen LogP contribution is -2.66. The van der Waals surface area contributed by atoms with Crippen molar-refractivity contribution in [2.75, 3.05) is 67.7 Å². The lowest BCUT2D eigenvalue weighted by molar-refractivity contribution is -0.127. The first-order chi connectivity index (χ1) is 18.1. The van der Waals surface area contributed by atoms with Crippen LogP contribution in [0, 0.1) is 12.3 Å². The molecule has 3 fully saturated rings. The van der Waals surface area contributed by atoms with Gasteiger partial charge < -0.3 is 29.1 Å². The number of carbonyl (C=O) groups is 1. The number of nitrogens with zero attached hydrogens (tertiary/aromatic N) is 6. The summed E-state index contributed by atoms with van der Waals surface area (Å²) in [6.07, 6.45) is 3.51. The number of anilines is 3. The first-order valence-corrected chi connectivity index (χ1v) is 12.5. The number of pyridine rings is 1.